The number of rotatable bonds is 11. The molecule has 0 fully saturated rings. The highest BCUT2D eigenvalue weighted by Gasteiger charge is 2.41. The highest BCUT2D eigenvalue weighted by Crippen LogP contribution is 2.48. The lowest BCUT2D eigenvalue weighted by Gasteiger charge is -2.41. The van der Waals surface area contributed by atoms with Crippen molar-refractivity contribution in [3.63, 3.8) is 0 Å². The standard InChI is InChI=1S/C33H39NO2/c1-6-25(2)21-33(29-13-9-7-10-14-29,30-15-11-8-12-16-30)23-28(22-32(3,4)31(35)36-5)27-19-17-26(24-34)18-20-27/h7-20,25,28H,6,21-23H2,1-5H3. The van der Waals surface area contributed by atoms with Crippen molar-refractivity contribution < 1.29 is 9.53 Å². The van der Waals surface area contributed by atoms with Crippen LogP contribution in [-0.4, -0.2) is 13.1 Å². The van der Waals surface area contributed by atoms with E-state index in [1.807, 2.05) is 26.0 Å². The zero-order valence-corrected chi connectivity index (χ0v) is 22.3. The normalized spacial score (nSPS) is 13.4. The first-order chi connectivity index (χ1) is 17.3. The van der Waals surface area contributed by atoms with Gasteiger partial charge in [0.2, 0.25) is 0 Å². The summed E-state index contributed by atoms with van der Waals surface area (Å²) in [6, 6.07) is 31.7. The van der Waals surface area contributed by atoms with Crippen LogP contribution >= 0.6 is 0 Å². The fraction of sp³-hybridized carbons (Fsp3) is 0.394. The van der Waals surface area contributed by atoms with E-state index in [0.717, 1.165) is 24.8 Å². The minimum Gasteiger partial charge on any atom is -0.469 e. The molecule has 0 aromatic heterocycles. The predicted octanol–water partition coefficient (Wildman–Crippen LogP) is 8.04. The van der Waals surface area contributed by atoms with E-state index in [4.69, 9.17) is 4.74 Å². The summed E-state index contributed by atoms with van der Waals surface area (Å²) in [6.07, 6.45) is 3.59. The second kappa shape index (κ2) is 12.0. The number of methoxy groups -OCH3 is 1. The molecule has 0 bridgehead atoms. The van der Waals surface area contributed by atoms with E-state index in [0.29, 0.717) is 17.9 Å². The van der Waals surface area contributed by atoms with E-state index in [2.05, 4.69) is 92.7 Å². The molecule has 188 valence electrons. The minimum atomic E-state index is -0.650. The monoisotopic (exact) mass is 481 g/mol. The number of nitriles is 1. The van der Waals surface area contributed by atoms with Crippen molar-refractivity contribution in [2.75, 3.05) is 7.11 Å². The summed E-state index contributed by atoms with van der Waals surface area (Å²) < 4.78 is 5.19. The second-order valence-electron chi connectivity index (χ2n) is 10.7. The Balaban J connectivity index is 2.21. The maximum atomic E-state index is 12.8. The largest absolute Gasteiger partial charge is 0.469 e. The molecule has 0 amide bonds. The van der Waals surface area contributed by atoms with Crippen molar-refractivity contribution in [1.29, 1.82) is 5.26 Å². The molecule has 3 aromatic rings. The molecule has 0 aliphatic rings. The average Bonchev–Trinajstić information content (AvgIpc) is 2.92. The van der Waals surface area contributed by atoms with Crippen LogP contribution in [0, 0.1) is 22.7 Å². The van der Waals surface area contributed by atoms with Gasteiger partial charge in [-0.05, 0) is 73.8 Å². The molecule has 2 unspecified atom stereocenters. The number of esters is 1. The van der Waals surface area contributed by atoms with Gasteiger partial charge in [-0.25, -0.2) is 0 Å². The van der Waals surface area contributed by atoms with Crippen LogP contribution in [0.3, 0.4) is 0 Å². The molecule has 0 heterocycles. The lowest BCUT2D eigenvalue weighted by molar-refractivity contribution is -0.151. The molecule has 0 spiro atoms. The maximum Gasteiger partial charge on any atom is 0.311 e. The Morgan fingerprint density at radius 3 is 1.83 bits per heavy atom. The first-order valence-electron chi connectivity index (χ1n) is 12.9. The van der Waals surface area contributed by atoms with Crippen molar-refractivity contribution in [3.05, 3.63) is 107 Å². The van der Waals surface area contributed by atoms with Gasteiger partial charge in [-0.1, -0.05) is 93.1 Å². The minimum absolute atomic E-state index is 0.0799. The summed E-state index contributed by atoms with van der Waals surface area (Å²) in [5.74, 6) is 0.394. The molecule has 3 aromatic carbocycles. The van der Waals surface area contributed by atoms with E-state index in [1.54, 1.807) is 0 Å². The highest BCUT2D eigenvalue weighted by molar-refractivity contribution is 5.75. The van der Waals surface area contributed by atoms with Crippen molar-refractivity contribution >= 4 is 5.97 Å². The van der Waals surface area contributed by atoms with Gasteiger partial charge in [0, 0.05) is 5.41 Å². The number of carbonyl (C=O) groups excluding carboxylic acids is 1. The van der Waals surface area contributed by atoms with E-state index >= 15 is 0 Å². The van der Waals surface area contributed by atoms with E-state index in [1.165, 1.54) is 18.2 Å². The fourth-order valence-electron chi connectivity index (χ4n) is 5.51. The summed E-state index contributed by atoms with van der Waals surface area (Å²) >= 11 is 0. The van der Waals surface area contributed by atoms with Gasteiger partial charge in [-0.3, -0.25) is 4.79 Å². The van der Waals surface area contributed by atoms with Crippen LogP contribution in [0.2, 0.25) is 0 Å². The molecule has 36 heavy (non-hydrogen) atoms. The summed E-state index contributed by atoms with van der Waals surface area (Å²) in [5.41, 5.74) is 3.50. The SMILES string of the molecule is CCC(C)CC(CC(CC(C)(C)C(=O)OC)c1ccc(C#N)cc1)(c1ccccc1)c1ccccc1. The van der Waals surface area contributed by atoms with Crippen molar-refractivity contribution in [1.82, 2.24) is 0 Å². The Hall–Kier alpha value is -3.38. The van der Waals surface area contributed by atoms with Gasteiger partial charge >= 0.3 is 5.97 Å². The lowest BCUT2D eigenvalue weighted by atomic mass is 9.62. The van der Waals surface area contributed by atoms with Crippen LogP contribution in [0.25, 0.3) is 0 Å². The fourth-order valence-corrected chi connectivity index (χ4v) is 5.51. The quantitative estimate of drug-likeness (QED) is 0.260. The van der Waals surface area contributed by atoms with Crippen molar-refractivity contribution in [2.24, 2.45) is 11.3 Å². The molecule has 0 aliphatic heterocycles. The van der Waals surface area contributed by atoms with Gasteiger partial charge in [-0.2, -0.15) is 5.26 Å². The third kappa shape index (κ3) is 6.24. The molecule has 0 saturated heterocycles. The number of nitrogens with zero attached hydrogens (tertiary/aromatic N) is 1. The number of hydrogen-bond donors (Lipinski definition) is 0. The van der Waals surface area contributed by atoms with Gasteiger partial charge in [0.25, 0.3) is 0 Å². The summed E-state index contributed by atoms with van der Waals surface area (Å²) in [4.78, 5) is 12.8. The topological polar surface area (TPSA) is 50.1 Å². The number of benzene rings is 3. The molecular weight excluding hydrogens is 442 g/mol. The third-order valence-electron chi connectivity index (χ3n) is 7.65. The predicted molar refractivity (Wildman–Crippen MR) is 147 cm³/mol. The number of carbonyl (C=O) groups is 1. The van der Waals surface area contributed by atoms with Crippen LogP contribution in [0.5, 0.6) is 0 Å². The Morgan fingerprint density at radius 1 is 0.861 bits per heavy atom. The average molecular weight is 482 g/mol. The summed E-state index contributed by atoms with van der Waals surface area (Å²) in [5, 5.41) is 9.36. The molecule has 0 N–H and O–H groups in total. The van der Waals surface area contributed by atoms with E-state index in [-0.39, 0.29) is 17.3 Å². The van der Waals surface area contributed by atoms with Crippen LogP contribution in [0.15, 0.2) is 84.9 Å². The zero-order valence-electron chi connectivity index (χ0n) is 22.3. The summed E-state index contributed by atoms with van der Waals surface area (Å²) in [7, 11) is 1.46. The van der Waals surface area contributed by atoms with Crippen LogP contribution in [-0.2, 0) is 14.9 Å². The Labute approximate surface area is 217 Å². The van der Waals surface area contributed by atoms with Gasteiger partial charge in [0.15, 0.2) is 0 Å². The number of ether oxygens (including phenoxy) is 1. The third-order valence-corrected chi connectivity index (χ3v) is 7.65. The molecule has 0 radical (unpaired) electrons. The van der Waals surface area contributed by atoms with Crippen LogP contribution in [0.1, 0.15) is 81.5 Å². The van der Waals surface area contributed by atoms with E-state index in [9.17, 15) is 10.1 Å². The van der Waals surface area contributed by atoms with Gasteiger partial charge in [0.1, 0.15) is 0 Å². The molecule has 3 nitrogen and oxygen atoms in total. The number of hydrogen-bond acceptors (Lipinski definition) is 3. The second-order valence-corrected chi connectivity index (χ2v) is 10.7. The molecular formula is C33H39NO2. The molecule has 0 saturated carbocycles. The first kappa shape index (κ1) is 27.2. The first-order valence-corrected chi connectivity index (χ1v) is 12.9. The van der Waals surface area contributed by atoms with Gasteiger partial charge in [-0.15, -0.1) is 0 Å². The highest BCUT2D eigenvalue weighted by atomic mass is 16.5. The van der Waals surface area contributed by atoms with Crippen molar-refractivity contribution in [2.45, 2.75) is 64.7 Å². The maximum absolute atomic E-state index is 12.8. The van der Waals surface area contributed by atoms with Gasteiger partial charge < -0.3 is 4.74 Å². The molecule has 3 rings (SSSR count). The molecule has 0 aliphatic carbocycles. The van der Waals surface area contributed by atoms with Crippen molar-refractivity contribution in [3.8, 4) is 6.07 Å². The lowest BCUT2D eigenvalue weighted by Crippen LogP contribution is -2.35. The van der Waals surface area contributed by atoms with Crippen LogP contribution in [0.4, 0.5) is 0 Å². The Bertz CT molecular complexity index is 1100. The summed E-state index contributed by atoms with van der Waals surface area (Å²) in [6.45, 7) is 8.52. The van der Waals surface area contributed by atoms with E-state index < -0.39 is 5.41 Å². The molecule has 2 atom stereocenters. The van der Waals surface area contributed by atoms with Crippen LogP contribution < -0.4 is 0 Å². The molecule has 3 heteroatoms. The zero-order chi connectivity index (χ0) is 26.2. The Morgan fingerprint density at radius 2 is 1.39 bits per heavy atom. The Kier molecular flexibility index (Phi) is 9.10. The van der Waals surface area contributed by atoms with Gasteiger partial charge in [0.05, 0.1) is 24.2 Å². The smallest absolute Gasteiger partial charge is 0.311 e.